The Kier molecular flexibility index (Phi) is 4.65. The van der Waals surface area contributed by atoms with Crippen molar-refractivity contribution in [3.63, 3.8) is 0 Å². The maximum absolute atomic E-state index is 12.2. The lowest BCUT2D eigenvalue weighted by atomic mass is 10.2. The third-order valence-electron chi connectivity index (χ3n) is 2.15. The monoisotopic (exact) mass is 282 g/mol. The van der Waals surface area contributed by atoms with Crippen LogP contribution in [0.15, 0.2) is 48.1 Å². The molecule has 1 aromatic rings. The van der Waals surface area contributed by atoms with Crippen LogP contribution in [0.5, 0.6) is 0 Å². The van der Waals surface area contributed by atoms with E-state index >= 15 is 0 Å². The zero-order valence-electron chi connectivity index (χ0n) is 10.1. The van der Waals surface area contributed by atoms with E-state index in [1.165, 1.54) is 12.1 Å². The second-order valence-corrected chi connectivity index (χ2v) is 5.35. The number of guanidine groups is 1. The number of hydrogen-bond donors (Lipinski definition) is 2. The third-order valence-corrected chi connectivity index (χ3v) is 3.72. The van der Waals surface area contributed by atoms with E-state index in [9.17, 15) is 13.2 Å². The molecule has 102 valence electrons. The molecule has 0 bridgehead atoms. The molecule has 0 aromatic heterocycles. The van der Waals surface area contributed by atoms with E-state index in [0.29, 0.717) is 4.31 Å². The van der Waals surface area contributed by atoms with E-state index < -0.39 is 27.6 Å². The van der Waals surface area contributed by atoms with Crippen LogP contribution < -0.4 is 11.6 Å². The lowest BCUT2D eigenvalue weighted by Crippen LogP contribution is -2.47. The molecule has 0 fully saturated rings. The minimum absolute atomic E-state index is 0.154. The van der Waals surface area contributed by atoms with Crippen molar-refractivity contribution in [1.29, 1.82) is 0 Å². The summed E-state index contributed by atoms with van der Waals surface area (Å²) in [6, 6.07) is 7.81. The van der Waals surface area contributed by atoms with E-state index in [-0.39, 0.29) is 5.56 Å². The largest absolute Gasteiger partial charge is 0.367 e. The average molecular weight is 282 g/mol. The van der Waals surface area contributed by atoms with Crippen LogP contribution >= 0.6 is 0 Å². The third kappa shape index (κ3) is 3.32. The van der Waals surface area contributed by atoms with Crippen LogP contribution in [0.4, 0.5) is 0 Å². The predicted octanol–water partition coefficient (Wildman–Crippen LogP) is -0.167. The van der Waals surface area contributed by atoms with Crippen LogP contribution in [-0.4, -0.2) is 30.3 Å². The zero-order valence-corrected chi connectivity index (χ0v) is 10.9. The number of nitrogens with zero attached hydrogens (tertiary/aromatic N) is 2. The van der Waals surface area contributed by atoms with Gasteiger partial charge >= 0.3 is 0 Å². The molecule has 19 heavy (non-hydrogen) atoms. The van der Waals surface area contributed by atoms with Crippen molar-refractivity contribution in [2.75, 3.05) is 5.75 Å². The first kappa shape index (κ1) is 14.7. The summed E-state index contributed by atoms with van der Waals surface area (Å²) in [5.41, 5.74) is 5.54. The van der Waals surface area contributed by atoms with Gasteiger partial charge in [0.05, 0.1) is 5.75 Å². The molecule has 0 saturated heterocycles. The Morgan fingerprint density at radius 1 is 1.37 bits per heavy atom. The van der Waals surface area contributed by atoms with Gasteiger partial charge in [-0.3, -0.25) is 4.79 Å². The Morgan fingerprint density at radius 2 is 1.95 bits per heavy atom. The molecule has 1 aromatic carbocycles. The number of hydrogen-bond acceptors (Lipinski definition) is 5. The SMILES string of the molecule is C=CCS(=O)(=O)N(C(=O)c1ccccc1)C(N)=NN. The Morgan fingerprint density at radius 3 is 2.42 bits per heavy atom. The first-order valence-corrected chi connectivity index (χ1v) is 6.81. The van der Waals surface area contributed by atoms with E-state index in [2.05, 4.69) is 11.7 Å². The maximum Gasteiger partial charge on any atom is 0.274 e. The minimum Gasteiger partial charge on any atom is -0.367 e. The highest BCUT2D eigenvalue weighted by atomic mass is 32.2. The topological polar surface area (TPSA) is 119 Å². The van der Waals surface area contributed by atoms with Gasteiger partial charge in [0.2, 0.25) is 16.0 Å². The quantitative estimate of drug-likeness (QED) is 0.261. The van der Waals surface area contributed by atoms with Gasteiger partial charge in [0.1, 0.15) is 0 Å². The Balaban J connectivity index is 3.27. The molecule has 0 aliphatic carbocycles. The lowest BCUT2D eigenvalue weighted by molar-refractivity contribution is 0.0912. The molecule has 1 amide bonds. The van der Waals surface area contributed by atoms with Gasteiger partial charge in [-0.1, -0.05) is 24.3 Å². The Hall–Kier alpha value is -2.35. The van der Waals surface area contributed by atoms with Crippen LogP contribution in [-0.2, 0) is 10.0 Å². The van der Waals surface area contributed by atoms with Gasteiger partial charge in [0, 0.05) is 5.56 Å². The van der Waals surface area contributed by atoms with Gasteiger partial charge in [-0.05, 0) is 12.1 Å². The van der Waals surface area contributed by atoms with E-state index in [4.69, 9.17) is 11.6 Å². The molecule has 4 N–H and O–H groups in total. The van der Waals surface area contributed by atoms with Crippen molar-refractivity contribution >= 4 is 21.9 Å². The molecular formula is C11H14N4O3S. The molecule has 0 aliphatic heterocycles. The first-order chi connectivity index (χ1) is 8.94. The fourth-order valence-electron chi connectivity index (χ4n) is 1.35. The minimum atomic E-state index is -4.00. The number of hydrazone groups is 1. The second kappa shape index (κ2) is 6.01. The van der Waals surface area contributed by atoms with E-state index in [0.717, 1.165) is 6.08 Å². The Labute approximate surface area is 111 Å². The summed E-state index contributed by atoms with van der Waals surface area (Å²) < 4.78 is 24.3. The van der Waals surface area contributed by atoms with Gasteiger partial charge in [0.25, 0.3) is 5.91 Å². The number of benzene rings is 1. The smallest absolute Gasteiger partial charge is 0.274 e. The number of carbonyl (C=O) groups is 1. The molecule has 0 atom stereocenters. The molecule has 0 radical (unpaired) electrons. The zero-order chi connectivity index (χ0) is 14.5. The number of sulfonamides is 1. The van der Waals surface area contributed by atoms with E-state index in [1.54, 1.807) is 18.2 Å². The molecule has 0 aliphatic rings. The van der Waals surface area contributed by atoms with Gasteiger partial charge in [-0.15, -0.1) is 11.7 Å². The lowest BCUT2D eigenvalue weighted by Gasteiger charge is -2.20. The van der Waals surface area contributed by atoms with Crippen LogP contribution in [0, 0.1) is 0 Å². The summed E-state index contributed by atoms with van der Waals surface area (Å²) in [6.45, 7) is 3.32. The normalized spacial score (nSPS) is 11.9. The molecule has 7 nitrogen and oxygen atoms in total. The molecule has 8 heteroatoms. The molecular weight excluding hydrogens is 268 g/mol. The number of amides is 1. The van der Waals surface area contributed by atoms with E-state index in [1.807, 2.05) is 0 Å². The summed E-state index contributed by atoms with van der Waals surface area (Å²) in [5.74, 6) is 3.08. The standard InChI is InChI=1S/C11H14N4O3S/c1-2-8-19(17,18)15(11(12)14-13)10(16)9-6-4-3-5-7-9/h2-7H,1,8,13H2,(H2,12,14). The number of carbonyl (C=O) groups excluding carboxylic acids is 1. The average Bonchev–Trinajstić information content (AvgIpc) is 2.39. The highest BCUT2D eigenvalue weighted by Gasteiger charge is 2.30. The number of rotatable bonds is 4. The van der Waals surface area contributed by atoms with Crippen molar-refractivity contribution in [2.24, 2.45) is 16.7 Å². The molecule has 1 rings (SSSR count). The summed E-state index contributed by atoms with van der Waals surface area (Å²) in [5, 5.41) is 3.07. The van der Waals surface area contributed by atoms with Gasteiger partial charge < -0.3 is 11.6 Å². The summed E-state index contributed by atoms with van der Waals surface area (Å²) in [6.07, 6.45) is 1.14. The van der Waals surface area contributed by atoms with Crippen LogP contribution in [0.1, 0.15) is 10.4 Å². The fraction of sp³-hybridized carbons (Fsp3) is 0.0909. The fourth-order valence-corrected chi connectivity index (χ4v) is 2.48. The molecule has 0 saturated carbocycles. The highest BCUT2D eigenvalue weighted by Crippen LogP contribution is 2.10. The predicted molar refractivity (Wildman–Crippen MR) is 72.4 cm³/mol. The van der Waals surface area contributed by atoms with Crippen molar-refractivity contribution in [2.45, 2.75) is 0 Å². The first-order valence-electron chi connectivity index (χ1n) is 5.20. The summed E-state index contributed by atoms with van der Waals surface area (Å²) in [7, 11) is -4.00. The van der Waals surface area contributed by atoms with Gasteiger partial charge in [-0.25, -0.2) is 8.42 Å². The number of nitrogens with two attached hydrogens (primary N) is 2. The highest BCUT2D eigenvalue weighted by molar-refractivity contribution is 7.90. The summed E-state index contributed by atoms with van der Waals surface area (Å²) in [4.78, 5) is 12.2. The molecule has 0 unspecified atom stereocenters. The van der Waals surface area contributed by atoms with Crippen molar-refractivity contribution in [1.82, 2.24) is 4.31 Å². The van der Waals surface area contributed by atoms with Crippen molar-refractivity contribution < 1.29 is 13.2 Å². The van der Waals surface area contributed by atoms with Gasteiger partial charge in [0.15, 0.2) is 0 Å². The van der Waals surface area contributed by atoms with Crippen molar-refractivity contribution in [3.8, 4) is 0 Å². The molecule has 0 heterocycles. The van der Waals surface area contributed by atoms with Gasteiger partial charge in [-0.2, -0.15) is 4.31 Å². The second-order valence-electron chi connectivity index (χ2n) is 3.49. The van der Waals surface area contributed by atoms with Crippen LogP contribution in [0.2, 0.25) is 0 Å². The van der Waals surface area contributed by atoms with Crippen molar-refractivity contribution in [3.05, 3.63) is 48.6 Å². The maximum atomic E-state index is 12.2. The summed E-state index contributed by atoms with van der Waals surface area (Å²) >= 11 is 0. The van der Waals surface area contributed by atoms with Crippen LogP contribution in [0.25, 0.3) is 0 Å². The molecule has 0 spiro atoms. The Bertz CT molecular complexity index is 596. The van der Waals surface area contributed by atoms with Crippen LogP contribution in [0.3, 0.4) is 0 Å².